The topological polar surface area (TPSA) is 25.8 Å². The van der Waals surface area contributed by atoms with Crippen LogP contribution in [0.4, 0.5) is 0 Å². The van der Waals surface area contributed by atoms with E-state index in [2.05, 4.69) is 107 Å². The molecule has 4 heteroatoms. The Hall–Kier alpha value is -4.95. The van der Waals surface area contributed by atoms with Crippen LogP contribution in [-0.4, -0.2) is 23.4 Å². The van der Waals surface area contributed by atoms with Gasteiger partial charge in [0.1, 0.15) is 0 Å². The molecule has 0 bridgehead atoms. The summed E-state index contributed by atoms with van der Waals surface area (Å²) in [6, 6.07) is 31.9. The highest BCUT2D eigenvalue weighted by Crippen LogP contribution is 2.48. The Bertz CT molecular complexity index is 2180. The Balaban J connectivity index is 1.47. The molecular formula is C36H18B2N2. The van der Waals surface area contributed by atoms with E-state index >= 15 is 0 Å². The van der Waals surface area contributed by atoms with Gasteiger partial charge in [-0.3, -0.25) is 9.97 Å². The Morgan fingerprint density at radius 1 is 0.400 bits per heavy atom. The fourth-order valence-electron chi connectivity index (χ4n) is 8.81. The molecule has 2 nitrogen and oxygen atoms in total. The van der Waals surface area contributed by atoms with Crippen LogP contribution in [0.2, 0.25) is 0 Å². The van der Waals surface area contributed by atoms with E-state index in [9.17, 15) is 0 Å². The van der Waals surface area contributed by atoms with Gasteiger partial charge in [0.25, 0.3) is 0 Å². The van der Waals surface area contributed by atoms with Gasteiger partial charge in [-0.25, -0.2) is 0 Å². The summed E-state index contributed by atoms with van der Waals surface area (Å²) < 4.78 is 0. The molecule has 11 rings (SSSR count). The first-order chi connectivity index (χ1) is 19.9. The third-order valence-corrected chi connectivity index (χ3v) is 10.1. The minimum Gasteiger partial charge on any atom is -0.265 e. The van der Waals surface area contributed by atoms with Gasteiger partial charge in [0, 0.05) is 24.8 Å². The first kappa shape index (κ1) is 20.0. The number of hydrogen-bond acceptors (Lipinski definition) is 2. The molecule has 0 spiro atoms. The molecule has 2 aromatic heterocycles. The Kier molecular flexibility index (Phi) is 3.31. The molecule has 6 heterocycles. The highest BCUT2D eigenvalue weighted by atomic mass is 14.6. The lowest BCUT2D eigenvalue weighted by molar-refractivity contribution is 1.35. The third-order valence-electron chi connectivity index (χ3n) is 10.1. The van der Waals surface area contributed by atoms with Crippen LogP contribution in [0.1, 0.15) is 0 Å². The maximum absolute atomic E-state index is 4.68. The highest BCUT2D eigenvalue weighted by molar-refractivity contribution is 7.05. The summed E-state index contributed by atoms with van der Waals surface area (Å²) in [5.41, 5.74) is 19.4. The van der Waals surface area contributed by atoms with Crippen molar-refractivity contribution in [2.24, 2.45) is 0 Å². The van der Waals surface area contributed by atoms with Crippen molar-refractivity contribution in [3.05, 3.63) is 110 Å². The Morgan fingerprint density at radius 3 is 1.30 bits per heavy atom. The average molecular weight is 500 g/mol. The minimum absolute atomic E-state index is 0.176. The molecule has 0 saturated heterocycles. The summed E-state index contributed by atoms with van der Waals surface area (Å²) in [4.78, 5) is 9.35. The lowest BCUT2D eigenvalue weighted by atomic mass is 9.33. The maximum atomic E-state index is 4.68. The molecule has 0 unspecified atom stereocenters. The SMILES string of the molecule is c1cc2c3c(cccc3c1)-c1c3c(c4c5c1-c1ccncc1B5c1cccc5cccc-4c15)-c1ccncc1B32. The van der Waals surface area contributed by atoms with Crippen molar-refractivity contribution in [3.63, 3.8) is 0 Å². The van der Waals surface area contributed by atoms with E-state index in [-0.39, 0.29) is 13.4 Å². The molecule has 0 saturated carbocycles. The number of fused-ring (bicyclic) bond motifs is 12. The number of aromatic nitrogens is 2. The van der Waals surface area contributed by atoms with Crippen molar-refractivity contribution >= 4 is 67.7 Å². The van der Waals surface area contributed by atoms with Gasteiger partial charge in [-0.1, -0.05) is 94.6 Å². The number of benzene rings is 5. The summed E-state index contributed by atoms with van der Waals surface area (Å²) >= 11 is 0. The Morgan fingerprint density at radius 2 is 0.825 bits per heavy atom. The fraction of sp³-hybridized carbons (Fsp3) is 0. The zero-order chi connectivity index (χ0) is 25.7. The molecule has 5 aromatic carbocycles. The third kappa shape index (κ3) is 2.04. The van der Waals surface area contributed by atoms with E-state index in [1.54, 1.807) is 0 Å². The van der Waals surface area contributed by atoms with Crippen molar-refractivity contribution in [1.29, 1.82) is 0 Å². The van der Waals surface area contributed by atoms with E-state index in [1.165, 1.54) is 98.8 Å². The van der Waals surface area contributed by atoms with Crippen LogP contribution in [0.15, 0.2) is 110 Å². The summed E-state index contributed by atoms with van der Waals surface area (Å²) in [7, 11) is 0. The van der Waals surface area contributed by atoms with Crippen LogP contribution in [-0.2, 0) is 0 Å². The van der Waals surface area contributed by atoms with Gasteiger partial charge >= 0.3 is 0 Å². The van der Waals surface area contributed by atoms with Gasteiger partial charge in [-0.05, 0) is 89.1 Å². The van der Waals surface area contributed by atoms with Crippen molar-refractivity contribution < 1.29 is 0 Å². The molecule has 4 aliphatic heterocycles. The van der Waals surface area contributed by atoms with Crippen molar-refractivity contribution in [2.45, 2.75) is 0 Å². The molecule has 7 aromatic rings. The maximum Gasteiger partial charge on any atom is 0.246 e. The highest BCUT2D eigenvalue weighted by Gasteiger charge is 2.49. The molecule has 178 valence electrons. The number of hydrogen-bond donors (Lipinski definition) is 0. The van der Waals surface area contributed by atoms with E-state index < -0.39 is 0 Å². The van der Waals surface area contributed by atoms with Crippen LogP contribution in [0.5, 0.6) is 0 Å². The quantitative estimate of drug-likeness (QED) is 0.297. The van der Waals surface area contributed by atoms with Gasteiger partial charge < -0.3 is 0 Å². The van der Waals surface area contributed by atoms with E-state index in [4.69, 9.17) is 0 Å². The van der Waals surface area contributed by atoms with Crippen molar-refractivity contribution in [1.82, 2.24) is 9.97 Å². The molecule has 0 amide bonds. The van der Waals surface area contributed by atoms with Crippen LogP contribution in [0.25, 0.3) is 66.1 Å². The molecule has 4 aliphatic rings. The van der Waals surface area contributed by atoms with Crippen LogP contribution in [0.3, 0.4) is 0 Å². The smallest absolute Gasteiger partial charge is 0.246 e. The van der Waals surface area contributed by atoms with E-state index in [0.29, 0.717) is 0 Å². The summed E-state index contributed by atoms with van der Waals surface area (Å²) in [5.74, 6) is 0. The van der Waals surface area contributed by atoms with Gasteiger partial charge in [-0.2, -0.15) is 0 Å². The van der Waals surface area contributed by atoms with Crippen molar-refractivity contribution in [3.8, 4) is 44.5 Å². The van der Waals surface area contributed by atoms with Crippen LogP contribution < -0.4 is 32.8 Å². The zero-order valence-electron chi connectivity index (χ0n) is 21.4. The predicted octanol–water partition coefficient (Wildman–Crippen LogP) is 3.74. The van der Waals surface area contributed by atoms with E-state index in [1.807, 2.05) is 12.4 Å². The van der Waals surface area contributed by atoms with Crippen molar-refractivity contribution in [2.75, 3.05) is 0 Å². The normalized spacial score (nSPS) is 13.9. The molecule has 0 fully saturated rings. The monoisotopic (exact) mass is 500 g/mol. The first-order valence-electron chi connectivity index (χ1n) is 14.1. The molecular weight excluding hydrogens is 482 g/mol. The molecule has 0 N–H and O–H groups in total. The lowest BCUT2D eigenvalue weighted by Crippen LogP contribution is -2.54. The fourth-order valence-corrected chi connectivity index (χ4v) is 8.81. The first-order valence-corrected chi connectivity index (χ1v) is 14.1. The zero-order valence-corrected chi connectivity index (χ0v) is 21.4. The molecule has 40 heavy (non-hydrogen) atoms. The van der Waals surface area contributed by atoms with Gasteiger partial charge in [0.15, 0.2) is 0 Å². The average Bonchev–Trinajstić information content (AvgIpc) is 3.53. The summed E-state index contributed by atoms with van der Waals surface area (Å²) in [6.45, 7) is 0.351. The molecule has 0 atom stereocenters. The summed E-state index contributed by atoms with van der Waals surface area (Å²) in [6.07, 6.45) is 8.20. The standard InChI is InChI=1S/C36H18B2N2/c1-5-19-7-3-11-25-29(19)23(9-1)33-31-21-13-15-39-17-27(21)38-26-12-4-8-20-6-2-10-24(30(20)26)34(36(31)38)32-22-14-16-40-18-28(22)37(25)35(32)33/h1-18H. The summed E-state index contributed by atoms with van der Waals surface area (Å²) in [5, 5.41) is 5.39. The number of nitrogens with zero attached hydrogens (tertiary/aromatic N) is 2. The lowest BCUT2D eigenvalue weighted by Gasteiger charge is -2.32. The molecule has 0 aliphatic carbocycles. The second kappa shape index (κ2) is 6.60. The van der Waals surface area contributed by atoms with Crippen LogP contribution in [0, 0.1) is 0 Å². The van der Waals surface area contributed by atoms with Crippen LogP contribution >= 0.6 is 0 Å². The van der Waals surface area contributed by atoms with E-state index in [0.717, 1.165) is 0 Å². The van der Waals surface area contributed by atoms with Gasteiger partial charge in [0.05, 0.1) is 0 Å². The molecule has 0 radical (unpaired) electrons. The number of rotatable bonds is 0. The Labute approximate surface area is 231 Å². The van der Waals surface area contributed by atoms with Gasteiger partial charge in [0.2, 0.25) is 13.4 Å². The van der Waals surface area contributed by atoms with Gasteiger partial charge in [-0.15, -0.1) is 0 Å². The second-order valence-corrected chi connectivity index (χ2v) is 11.6. The largest absolute Gasteiger partial charge is 0.265 e. The minimum atomic E-state index is 0.176. The second-order valence-electron chi connectivity index (χ2n) is 11.6. The number of pyridine rings is 2. The predicted molar refractivity (Wildman–Crippen MR) is 168 cm³/mol.